The number of rotatable bonds is 6. The maximum atomic E-state index is 13.1. The minimum Gasteiger partial charge on any atom is -0.324 e. The number of fused-ring (bicyclic) bond motifs is 1. The van der Waals surface area contributed by atoms with E-state index in [0.717, 1.165) is 28.9 Å². The fraction of sp³-hybridized carbons (Fsp3) is 0.158. The summed E-state index contributed by atoms with van der Waals surface area (Å²) in [6, 6.07) is 10.8. The van der Waals surface area contributed by atoms with Gasteiger partial charge in [0.05, 0.1) is 33.1 Å². The standard InChI is InChI=1S/C19H15ClF3N3OS/c1-2-10-26-15-9-4-3-8-14(15)24-18(26)28-11-16(27)25-17-12(19(21,22)23)6-5-7-13(17)20/h2-9H,1,10-11H2,(H,25,27). The molecule has 146 valence electrons. The molecule has 0 saturated heterocycles. The number of hydrogen-bond acceptors (Lipinski definition) is 3. The van der Waals surface area contributed by atoms with Gasteiger partial charge in [-0.1, -0.05) is 47.6 Å². The number of hydrogen-bond donors (Lipinski definition) is 1. The first-order chi connectivity index (χ1) is 13.3. The van der Waals surface area contributed by atoms with Gasteiger partial charge in [0.15, 0.2) is 5.16 Å². The Morgan fingerprint density at radius 3 is 2.71 bits per heavy atom. The van der Waals surface area contributed by atoms with Crippen molar-refractivity contribution in [3.05, 3.63) is 65.7 Å². The van der Waals surface area contributed by atoms with Crippen molar-refractivity contribution in [1.82, 2.24) is 9.55 Å². The van der Waals surface area contributed by atoms with Crippen molar-refractivity contribution in [2.45, 2.75) is 17.9 Å². The van der Waals surface area contributed by atoms with Gasteiger partial charge in [0.1, 0.15) is 0 Å². The van der Waals surface area contributed by atoms with Gasteiger partial charge in [-0.15, -0.1) is 6.58 Å². The minimum atomic E-state index is -4.63. The molecule has 0 aliphatic carbocycles. The van der Waals surface area contributed by atoms with Gasteiger partial charge >= 0.3 is 6.18 Å². The van der Waals surface area contributed by atoms with Crippen LogP contribution in [0.4, 0.5) is 18.9 Å². The number of halogens is 4. The van der Waals surface area contributed by atoms with Crippen LogP contribution >= 0.6 is 23.4 Å². The SMILES string of the molecule is C=CCn1c(SCC(=O)Nc2c(Cl)cccc2C(F)(F)F)nc2ccccc21. The zero-order valence-electron chi connectivity index (χ0n) is 14.5. The molecule has 28 heavy (non-hydrogen) atoms. The van der Waals surface area contributed by atoms with Gasteiger partial charge in [0, 0.05) is 6.54 Å². The molecule has 3 aromatic rings. The van der Waals surface area contributed by atoms with E-state index in [-0.39, 0.29) is 10.8 Å². The van der Waals surface area contributed by atoms with E-state index in [4.69, 9.17) is 11.6 Å². The molecule has 0 fully saturated rings. The number of amides is 1. The number of nitrogens with one attached hydrogen (secondary N) is 1. The van der Waals surface area contributed by atoms with Crippen molar-refractivity contribution in [1.29, 1.82) is 0 Å². The van der Waals surface area contributed by atoms with Crippen LogP contribution in [0, 0.1) is 0 Å². The van der Waals surface area contributed by atoms with Crippen LogP contribution in [0.1, 0.15) is 5.56 Å². The third-order valence-corrected chi connectivity index (χ3v) is 5.14. The lowest BCUT2D eigenvalue weighted by atomic mass is 10.1. The van der Waals surface area contributed by atoms with Crippen LogP contribution in [0.15, 0.2) is 60.3 Å². The van der Waals surface area contributed by atoms with Gasteiger partial charge in [-0.3, -0.25) is 4.79 Å². The first kappa shape index (κ1) is 20.3. The average Bonchev–Trinajstić information content (AvgIpc) is 2.99. The van der Waals surface area contributed by atoms with E-state index in [2.05, 4.69) is 16.9 Å². The van der Waals surface area contributed by atoms with E-state index in [1.807, 2.05) is 28.8 Å². The Bertz CT molecular complexity index is 1030. The largest absolute Gasteiger partial charge is 0.418 e. The summed E-state index contributed by atoms with van der Waals surface area (Å²) in [5.74, 6) is -0.732. The number of nitrogens with zero attached hydrogens (tertiary/aromatic N) is 2. The molecule has 0 aliphatic rings. The number of benzene rings is 2. The zero-order valence-corrected chi connectivity index (χ0v) is 16.0. The fourth-order valence-electron chi connectivity index (χ4n) is 2.66. The molecule has 0 aliphatic heterocycles. The van der Waals surface area contributed by atoms with Crippen molar-refractivity contribution in [3.8, 4) is 0 Å². The monoisotopic (exact) mass is 425 g/mol. The summed E-state index contributed by atoms with van der Waals surface area (Å²) in [5.41, 5.74) is 0.215. The smallest absolute Gasteiger partial charge is 0.324 e. The highest BCUT2D eigenvalue weighted by Crippen LogP contribution is 2.38. The number of anilines is 1. The highest BCUT2D eigenvalue weighted by atomic mass is 35.5. The highest BCUT2D eigenvalue weighted by Gasteiger charge is 2.34. The number of carbonyl (C=O) groups is 1. The van der Waals surface area contributed by atoms with Gasteiger partial charge in [-0.2, -0.15) is 13.2 Å². The molecule has 1 aromatic heterocycles. The first-order valence-corrected chi connectivity index (χ1v) is 9.52. The molecule has 1 heterocycles. The Morgan fingerprint density at radius 2 is 2.00 bits per heavy atom. The maximum absolute atomic E-state index is 13.1. The van der Waals surface area contributed by atoms with Crippen molar-refractivity contribution in [3.63, 3.8) is 0 Å². The second-order valence-electron chi connectivity index (χ2n) is 5.78. The molecule has 2 aromatic carbocycles. The Hall–Kier alpha value is -2.45. The predicted molar refractivity (Wildman–Crippen MR) is 106 cm³/mol. The van der Waals surface area contributed by atoms with Crippen molar-refractivity contribution in [2.75, 3.05) is 11.1 Å². The van der Waals surface area contributed by atoms with Crippen molar-refractivity contribution < 1.29 is 18.0 Å². The predicted octanol–water partition coefficient (Wildman–Crippen LogP) is 5.63. The lowest BCUT2D eigenvalue weighted by Crippen LogP contribution is -2.18. The summed E-state index contributed by atoms with van der Waals surface area (Å²) < 4.78 is 41.3. The summed E-state index contributed by atoms with van der Waals surface area (Å²) in [6.45, 7) is 4.21. The van der Waals surface area contributed by atoms with E-state index in [1.165, 1.54) is 12.1 Å². The second kappa shape index (κ2) is 8.28. The van der Waals surface area contributed by atoms with Crippen molar-refractivity contribution in [2.24, 2.45) is 0 Å². The number of aromatic nitrogens is 2. The van der Waals surface area contributed by atoms with Gasteiger partial charge in [0.25, 0.3) is 0 Å². The van der Waals surface area contributed by atoms with Crippen LogP contribution in [0.2, 0.25) is 5.02 Å². The quantitative estimate of drug-likeness (QED) is 0.411. The Labute approximate surface area is 168 Å². The van der Waals surface area contributed by atoms with Gasteiger partial charge in [0.2, 0.25) is 5.91 Å². The van der Waals surface area contributed by atoms with Crippen LogP contribution in [0.25, 0.3) is 11.0 Å². The molecule has 1 N–H and O–H groups in total. The van der Waals surface area contributed by atoms with Gasteiger partial charge < -0.3 is 9.88 Å². The van der Waals surface area contributed by atoms with E-state index < -0.39 is 23.3 Å². The molecule has 0 spiro atoms. The molecule has 0 atom stereocenters. The molecule has 9 heteroatoms. The van der Waals surface area contributed by atoms with Crippen LogP contribution in [-0.4, -0.2) is 21.2 Å². The van der Waals surface area contributed by atoms with Gasteiger partial charge in [-0.25, -0.2) is 4.98 Å². The van der Waals surface area contributed by atoms with E-state index in [9.17, 15) is 18.0 Å². The van der Waals surface area contributed by atoms with E-state index in [1.54, 1.807) is 6.08 Å². The molecule has 4 nitrogen and oxygen atoms in total. The Morgan fingerprint density at radius 1 is 1.25 bits per heavy atom. The molecule has 1 amide bonds. The van der Waals surface area contributed by atoms with Crippen LogP contribution in [0.3, 0.4) is 0 Å². The van der Waals surface area contributed by atoms with E-state index in [0.29, 0.717) is 11.7 Å². The number of carbonyl (C=O) groups excluding carboxylic acids is 1. The molecular formula is C19H15ClF3N3OS. The Balaban J connectivity index is 1.78. The summed E-state index contributed by atoms with van der Waals surface area (Å²) in [4.78, 5) is 16.8. The summed E-state index contributed by atoms with van der Waals surface area (Å²) in [5, 5.41) is 2.67. The molecular weight excluding hydrogens is 411 g/mol. The summed E-state index contributed by atoms with van der Waals surface area (Å²) >= 11 is 6.99. The van der Waals surface area contributed by atoms with Crippen LogP contribution in [0.5, 0.6) is 0 Å². The van der Waals surface area contributed by atoms with Crippen molar-refractivity contribution >= 4 is 46.0 Å². The number of allylic oxidation sites excluding steroid dienone is 1. The summed E-state index contributed by atoms with van der Waals surface area (Å²) in [7, 11) is 0. The lowest BCUT2D eigenvalue weighted by molar-refractivity contribution is -0.137. The van der Waals surface area contributed by atoms with Crippen LogP contribution in [-0.2, 0) is 17.5 Å². The normalized spacial score (nSPS) is 11.6. The summed E-state index contributed by atoms with van der Waals surface area (Å²) in [6.07, 6.45) is -2.92. The molecule has 0 bridgehead atoms. The molecule has 0 saturated carbocycles. The number of para-hydroxylation sites is 3. The highest BCUT2D eigenvalue weighted by molar-refractivity contribution is 7.99. The van der Waals surface area contributed by atoms with Gasteiger partial charge in [-0.05, 0) is 24.3 Å². The molecule has 0 unspecified atom stereocenters. The number of imidazole rings is 1. The molecule has 3 rings (SSSR count). The Kier molecular flexibility index (Phi) is 6.00. The zero-order chi connectivity index (χ0) is 20.3. The molecule has 0 radical (unpaired) electrons. The average molecular weight is 426 g/mol. The number of thioether (sulfide) groups is 1. The minimum absolute atomic E-state index is 0.122. The second-order valence-corrected chi connectivity index (χ2v) is 7.13. The maximum Gasteiger partial charge on any atom is 0.418 e. The third-order valence-electron chi connectivity index (χ3n) is 3.85. The first-order valence-electron chi connectivity index (χ1n) is 8.15. The fourth-order valence-corrected chi connectivity index (χ4v) is 3.71. The topological polar surface area (TPSA) is 46.9 Å². The number of alkyl halides is 3. The lowest BCUT2D eigenvalue weighted by Gasteiger charge is -2.15. The van der Waals surface area contributed by atoms with E-state index >= 15 is 0 Å². The van der Waals surface area contributed by atoms with Crippen LogP contribution < -0.4 is 5.32 Å². The third kappa shape index (κ3) is 4.34.